The highest BCUT2D eigenvalue weighted by molar-refractivity contribution is 6.02. The number of carbonyl (C=O) groups excluding carboxylic acids is 2. The normalized spacial score (nSPS) is 23.1. The van der Waals surface area contributed by atoms with Gasteiger partial charge < -0.3 is 19.5 Å². The van der Waals surface area contributed by atoms with E-state index >= 15 is 0 Å². The molecule has 1 N–H and O–H groups in total. The van der Waals surface area contributed by atoms with Gasteiger partial charge in [0.2, 0.25) is 5.91 Å². The zero-order chi connectivity index (χ0) is 22.9. The van der Waals surface area contributed by atoms with Crippen LogP contribution < -0.4 is 0 Å². The molecule has 1 fully saturated rings. The van der Waals surface area contributed by atoms with Gasteiger partial charge in [-0.05, 0) is 36.5 Å². The van der Waals surface area contributed by atoms with Crippen molar-refractivity contribution < 1.29 is 14.3 Å². The standard InChI is InChI=1S/C27H31N3O3/c1-18-8-7-13-29(17-18)27(32)24-20-10-3-4-11-21(20)26(31)30(14-15-33-2)25(24)22-16-28-23-12-6-5-9-19(22)23/h3-6,9-12,16,18,24-25,28H,7-8,13-15,17H2,1-2H3/t18-,24+,25+/m1/s1. The molecule has 2 aliphatic rings. The van der Waals surface area contributed by atoms with Crippen LogP contribution >= 0.6 is 0 Å². The average Bonchev–Trinajstić information content (AvgIpc) is 3.27. The molecule has 0 unspecified atom stereocenters. The highest BCUT2D eigenvalue weighted by atomic mass is 16.5. The van der Waals surface area contributed by atoms with Crippen molar-refractivity contribution in [2.24, 2.45) is 5.92 Å². The number of para-hydroxylation sites is 1. The van der Waals surface area contributed by atoms with E-state index < -0.39 is 12.0 Å². The minimum atomic E-state index is -0.458. The van der Waals surface area contributed by atoms with Crippen LogP contribution in [0.15, 0.2) is 54.7 Å². The van der Waals surface area contributed by atoms with Gasteiger partial charge in [0.15, 0.2) is 0 Å². The van der Waals surface area contributed by atoms with Gasteiger partial charge in [0.25, 0.3) is 5.91 Å². The second-order valence-electron chi connectivity index (χ2n) is 9.32. The number of ether oxygens (including phenoxy) is 1. The monoisotopic (exact) mass is 445 g/mol. The summed E-state index contributed by atoms with van der Waals surface area (Å²) in [4.78, 5) is 35.1. The summed E-state index contributed by atoms with van der Waals surface area (Å²) in [5.41, 5.74) is 3.43. The summed E-state index contributed by atoms with van der Waals surface area (Å²) >= 11 is 0. The van der Waals surface area contributed by atoms with E-state index in [1.165, 1.54) is 0 Å². The molecule has 6 heteroatoms. The van der Waals surface area contributed by atoms with Crippen molar-refractivity contribution in [2.75, 3.05) is 33.4 Å². The summed E-state index contributed by atoms with van der Waals surface area (Å²) in [6, 6.07) is 15.3. The number of nitrogens with one attached hydrogen (secondary N) is 1. The van der Waals surface area contributed by atoms with Gasteiger partial charge in [-0.1, -0.05) is 43.3 Å². The van der Waals surface area contributed by atoms with Crippen molar-refractivity contribution in [1.82, 2.24) is 14.8 Å². The van der Waals surface area contributed by atoms with Crippen molar-refractivity contribution in [3.8, 4) is 0 Å². The number of nitrogens with zero attached hydrogens (tertiary/aromatic N) is 2. The first-order valence-corrected chi connectivity index (χ1v) is 11.8. The molecule has 5 rings (SSSR count). The number of methoxy groups -OCH3 is 1. The topological polar surface area (TPSA) is 65.6 Å². The van der Waals surface area contributed by atoms with E-state index in [0.29, 0.717) is 24.6 Å². The van der Waals surface area contributed by atoms with Crippen LogP contribution in [0.5, 0.6) is 0 Å². The van der Waals surface area contributed by atoms with E-state index in [-0.39, 0.29) is 11.8 Å². The number of rotatable bonds is 5. The number of hydrogen-bond donors (Lipinski definition) is 1. The fourth-order valence-corrected chi connectivity index (χ4v) is 5.56. The Morgan fingerprint density at radius 3 is 2.73 bits per heavy atom. The maximum absolute atomic E-state index is 14.2. The number of aromatic nitrogens is 1. The second-order valence-corrected chi connectivity index (χ2v) is 9.32. The summed E-state index contributed by atoms with van der Waals surface area (Å²) in [5.74, 6) is 0.0905. The number of piperidine rings is 1. The van der Waals surface area contributed by atoms with E-state index in [2.05, 4.69) is 18.0 Å². The van der Waals surface area contributed by atoms with Gasteiger partial charge in [-0.2, -0.15) is 0 Å². The fourth-order valence-electron chi connectivity index (χ4n) is 5.56. The third-order valence-electron chi connectivity index (χ3n) is 7.15. The van der Waals surface area contributed by atoms with Crippen LogP contribution in [-0.4, -0.2) is 59.9 Å². The molecule has 0 radical (unpaired) electrons. The lowest BCUT2D eigenvalue weighted by Gasteiger charge is -2.44. The number of carbonyl (C=O) groups is 2. The first-order valence-electron chi connectivity index (χ1n) is 11.8. The van der Waals surface area contributed by atoms with Crippen LogP contribution in [0.2, 0.25) is 0 Å². The third kappa shape index (κ3) is 3.82. The molecule has 0 bridgehead atoms. The Bertz CT molecular complexity index is 1170. The largest absolute Gasteiger partial charge is 0.383 e. The molecule has 33 heavy (non-hydrogen) atoms. The highest BCUT2D eigenvalue weighted by Gasteiger charge is 2.46. The van der Waals surface area contributed by atoms with Crippen LogP contribution in [-0.2, 0) is 9.53 Å². The summed E-state index contributed by atoms with van der Waals surface area (Å²) in [6.45, 7) is 4.58. The first kappa shape index (κ1) is 21.7. The van der Waals surface area contributed by atoms with E-state index in [0.717, 1.165) is 48.0 Å². The lowest BCUT2D eigenvalue weighted by molar-refractivity contribution is -0.136. The van der Waals surface area contributed by atoms with Gasteiger partial charge >= 0.3 is 0 Å². The SMILES string of the molecule is COCCN1C(=O)c2ccccc2[C@H](C(=O)N2CCC[C@@H](C)C2)[C@@H]1c1c[nH]c2ccccc12. The molecule has 1 aromatic heterocycles. The van der Waals surface area contributed by atoms with Gasteiger partial charge in [-0.15, -0.1) is 0 Å². The summed E-state index contributed by atoms with van der Waals surface area (Å²) in [7, 11) is 1.64. The van der Waals surface area contributed by atoms with Gasteiger partial charge in [-0.3, -0.25) is 9.59 Å². The Hall–Kier alpha value is -3.12. The molecular formula is C27H31N3O3. The first-order chi connectivity index (χ1) is 16.1. The number of fused-ring (bicyclic) bond motifs is 2. The minimum Gasteiger partial charge on any atom is -0.383 e. The summed E-state index contributed by atoms with van der Waals surface area (Å²) < 4.78 is 5.36. The van der Waals surface area contributed by atoms with E-state index in [9.17, 15) is 9.59 Å². The maximum atomic E-state index is 14.2. The number of aromatic amines is 1. The van der Waals surface area contributed by atoms with Gasteiger partial charge in [-0.25, -0.2) is 0 Å². The molecule has 1 saturated heterocycles. The molecule has 2 aromatic carbocycles. The van der Waals surface area contributed by atoms with Crippen molar-refractivity contribution in [3.63, 3.8) is 0 Å². The maximum Gasteiger partial charge on any atom is 0.254 e. The second kappa shape index (κ2) is 9.02. The van der Waals surface area contributed by atoms with Crippen LogP contribution in [0.25, 0.3) is 10.9 Å². The highest BCUT2D eigenvalue weighted by Crippen LogP contribution is 2.45. The average molecular weight is 446 g/mol. The zero-order valence-corrected chi connectivity index (χ0v) is 19.3. The zero-order valence-electron chi connectivity index (χ0n) is 19.3. The number of hydrogen-bond acceptors (Lipinski definition) is 3. The molecule has 3 aromatic rings. The van der Waals surface area contributed by atoms with Gasteiger partial charge in [0.1, 0.15) is 0 Å². The molecule has 172 valence electrons. The van der Waals surface area contributed by atoms with Crippen molar-refractivity contribution >= 4 is 22.7 Å². The smallest absolute Gasteiger partial charge is 0.254 e. The number of likely N-dealkylation sites (tertiary alicyclic amines) is 1. The van der Waals surface area contributed by atoms with E-state index in [1.807, 2.05) is 58.5 Å². The lowest BCUT2D eigenvalue weighted by atomic mass is 9.78. The Kier molecular flexibility index (Phi) is 5.94. The van der Waals surface area contributed by atoms with Crippen LogP contribution in [0, 0.1) is 5.92 Å². The van der Waals surface area contributed by atoms with Gasteiger partial charge in [0.05, 0.1) is 18.6 Å². The van der Waals surface area contributed by atoms with E-state index in [1.54, 1.807) is 7.11 Å². The minimum absolute atomic E-state index is 0.0472. The van der Waals surface area contributed by atoms with E-state index in [4.69, 9.17) is 4.74 Å². The Balaban J connectivity index is 1.68. The number of benzene rings is 2. The van der Waals surface area contributed by atoms with Crippen molar-refractivity contribution in [3.05, 3.63) is 71.4 Å². The summed E-state index contributed by atoms with van der Waals surface area (Å²) in [5, 5.41) is 1.04. The molecular weight excluding hydrogens is 414 g/mol. The fraction of sp³-hybridized carbons (Fsp3) is 0.407. The molecule has 2 amide bonds. The number of amides is 2. The molecule has 6 nitrogen and oxygen atoms in total. The van der Waals surface area contributed by atoms with Crippen molar-refractivity contribution in [2.45, 2.75) is 31.7 Å². The Morgan fingerprint density at radius 1 is 1.12 bits per heavy atom. The Morgan fingerprint density at radius 2 is 1.91 bits per heavy atom. The van der Waals surface area contributed by atoms with Gasteiger partial charge in [0, 0.05) is 55.0 Å². The van der Waals surface area contributed by atoms with Crippen LogP contribution in [0.1, 0.15) is 53.2 Å². The predicted molar refractivity (Wildman–Crippen MR) is 128 cm³/mol. The number of H-pyrrole nitrogens is 1. The molecule has 3 heterocycles. The molecule has 0 saturated carbocycles. The summed E-state index contributed by atoms with van der Waals surface area (Å²) in [6.07, 6.45) is 4.14. The lowest BCUT2D eigenvalue weighted by Crippen LogP contribution is -2.50. The third-order valence-corrected chi connectivity index (χ3v) is 7.15. The van der Waals surface area contributed by atoms with Crippen LogP contribution in [0.3, 0.4) is 0 Å². The predicted octanol–water partition coefficient (Wildman–Crippen LogP) is 4.35. The van der Waals surface area contributed by atoms with Crippen LogP contribution in [0.4, 0.5) is 0 Å². The quantitative estimate of drug-likeness (QED) is 0.635. The Labute approximate surface area is 194 Å². The molecule has 2 aliphatic heterocycles. The molecule has 0 spiro atoms. The van der Waals surface area contributed by atoms with Crippen molar-refractivity contribution in [1.29, 1.82) is 0 Å². The molecule has 3 atom stereocenters. The molecule has 0 aliphatic carbocycles.